The zero-order valence-corrected chi connectivity index (χ0v) is 9.24. The van der Waals surface area contributed by atoms with E-state index in [9.17, 15) is 5.11 Å². The van der Waals surface area contributed by atoms with Crippen molar-refractivity contribution in [1.29, 1.82) is 0 Å². The predicted molar refractivity (Wildman–Crippen MR) is 61.7 cm³/mol. The minimum absolute atomic E-state index is 0.00948. The van der Waals surface area contributed by atoms with Crippen molar-refractivity contribution >= 4 is 0 Å². The van der Waals surface area contributed by atoms with Gasteiger partial charge in [0.1, 0.15) is 0 Å². The first-order chi connectivity index (χ1) is 7.19. The molecule has 1 aliphatic carbocycles. The molecule has 0 heterocycles. The van der Waals surface area contributed by atoms with Gasteiger partial charge in [0.2, 0.25) is 0 Å². The van der Waals surface area contributed by atoms with Crippen molar-refractivity contribution in [2.45, 2.75) is 25.7 Å². The quantitative estimate of drug-likeness (QED) is 0.790. The summed E-state index contributed by atoms with van der Waals surface area (Å²) in [6.07, 6.45) is 2.06. The van der Waals surface area contributed by atoms with Crippen LogP contribution in [0.15, 0.2) is 24.3 Å². The fourth-order valence-corrected chi connectivity index (χ4v) is 2.42. The molecular formula is C13H19NO. The van der Waals surface area contributed by atoms with Crippen molar-refractivity contribution in [3.05, 3.63) is 35.4 Å². The molecule has 0 amide bonds. The Morgan fingerprint density at radius 1 is 1.33 bits per heavy atom. The van der Waals surface area contributed by atoms with E-state index in [1.807, 2.05) is 0 Å². The van der Waals surface area contributed by atoms with Crippen molar-refractivity contribution in [2.75, 3.05) is 13.2 Å². The van der Waals surface area contributed by atoms with Gasteiger partial charge in [-0.2, -0.15) is 0 Å². The van der Waals surface area contributed by atoms with Gasteiger partial charge in [-0.1, -0.05) is 29.8 Å². The summed E-state index contributed by atoms with van der Waals surface area (Å²) >= 11 is 0. The number of rotatable bonds is 3. The molecule has 1 saturated carbocycles. The minimum Gasteiger partial charge on any atom is -0.396 e. The summed E-state index contributed by atoms with van der Waals surface area (Å²) in [5.74, 6) is 0.598. The van der Waals surface area contributed by atoms with Crippen LogP contribution in [0.1, 0.15) is 29.9 Å². The number of aryl methyl sites for hydroxylation is 1. The van der Waals surface area contributed by atoms with Crippen LogP contribution >= 0.6 is 0 Å². The van der Waals surface area contributed by atoms with E-state index in [4.69, 9.17) is 5.73 Å². The normalized spacial score (nSPS) is 29.9. The van der Waals surface area contributed by atoms with E-state index in [0.29, 0.717) is 12.5 Å². The molecule has 0 radical (unpaired) electrons. The number of aliphatic hydroxyl groups excluding tert-OH is 1. The van der Waals surface area contributed by atoms with Gasteiger partial charge < -0.3 is 10.8 Å². The summed E-state index contributed by atoms with van der Waals surface area (Å²) in [5, 5.41) is 9.27. The van der Waals surface area contributed by atoms with E-state index in [2.05, 4.69) is 31.2 Å². The van der Waals surface area contributed by atoms with Crippen molar-refractivity contribution < 1.29 is 5.11 Å². The molecule has 2 rings (SSSR count). The molecule has 0 bridgehead atoms. The third-order valence-electron chi connectivity index (χ3n) is 3.68. The average molecular weight is 205 g/mol. The number of aliphatic hydroxyl groups is 1. The van der Waals surface area contributed by atoms with Crippen LogP contribution in [0.5, 0.6) is 0 Å². The second-order valence-corrected chi connectivity index (χ2v) is 4.88. The molecule has 0 aromatic heterocycles. The Balaban J connectivity index is 2.02. The lowest BCUT2D eigenvalue weighted by Crippen LogP contribution is -2.44. The first kappa shape index (κ1) is 10.7. The standard InChI is InChI=1S/C13H19NO/c1-10-2-4-11(5-3-10)12-6-13(7-12,8-14)9-15/h2-5,12,15H,6-9,14H2,1H3. The van der Waals surface area contributed by atoms with Crippen LogP contribution in [0.2, 0.25) is 0 Å². The van der Waals surface area contributed by atoms with E-state index < -0.39 is 0 Å². The van der Waals surface area contributed by atoms with Crippen molar-refractivity contribution in [2.24, 2.45) is 11.1 Å². The van der Waals surface area contributed by atoms with Gasteiger partial charge in [0, 0.05) is 18.6 Å². The van der Waals surface area contributed by atoms with Gasteiger partial charge in [0.15, 0.2) is 0 Å². The molecular weight excluding hydrogens is 186 g/mol. The van der Waals surface area contributed by atoms with Crippen molar-refractivity contribution in [3.63, 3.8) is 0 Å². The summed E-state index contributed by atoms with van der Waals surface area (Å²) in [4.78, 5) is 0. The largest absolute Gasteiger partial charge is 0.396 e. The Labute approximate surface area is 91.1 Å². The fraction of sp³-hybridized carbons (Fsp3) is 0.538. The maximum atomic E-state index is 9.27. The minimum atomic E-state index is 0.00948. The van der Waals surface area contributed by atoms with E-state index >= 15 is 0 Å². The zero-order valence-electron chi connectivity index (χ0n) is 9.24. The number of nitrogens with two attached hydrogens (primary N) is 1. The molecule has 1 aromatic rings. The lowest BCUT2D eigenvalue weighted by atomic mass is 9.60. The lowest BCUT2D eigenvalue weighted by molar-refractivity contribution is 0.0337. The summed E-state index contributed by atoms with van der Waals surface area (Å²) in [5.41, 5.74) is 8.38. The van der Waals surface area contributed by atoms with Gasteiger partial charge >= 0.3 is 0 Å². The van der Waals surface area contributed by atoms with E-state index in [-0.39, 0.29) is 12.0 Å². The molecule has 0 saturated heterocycles. The fourth-order valence-electron chi connectivity index (χ4n) is 2.42. The summed E-state index contributed by atoms with van der Waals surface area (Å²) < 4.78 is 0. The number of hydrogen-bond donors (Lipinski definition) is 2. The molecule has 82 valence electrons. The summed E-state index contributed by atoms with van der Waals surface area (Å²) in [6, 6.07) is 8.68. The molecule has 0 unspecified atom stereocenters. The van der Waals surface area contributed by atoms with Crippen LogP contribution in [0, 0.1) is 12.3 Å². The molecule has 0 spiro atoms. The smallest absolute Gasteiger partial charge is 0.0499 e. The van der Waals surface area contributed by atoms with Gasteiger partial charge in [0.25, 0.3) is 0 Å². The van der Waals surface area contributed by atoms with Crippen LogP contribution in [-0.4, -0.2) is 18.3 Å². The van der Waals surface area contributed by atoms with E-state index in [1.54, 1.807) is 0 Å². The van der Waals surface area contributed by atoms with Gasteiger partial charge in [0.05, 0.1) is 0 Å². The van der Waals surface area contributed by atoms with Crippen LogP contribution in [-0.2, 0) is 0 Å². The highest BCUT2D eigenvalue weighted by molar-refractivity contribution is 5.27. The first-order valence-electron chi connectivity index (χ1n) is 5.57. The van der Waals surface area contributed by atoms with Crippen LogP contribution in [0.3, 0.4) is 0 Å². The highest BCUT2D eigenvalue weighted by Gasteiger charge is 2.43. The van der Waals surface area contributed by atoms with Crippen LogP contribution in [0.25, 0.3) is 0 Å². The maximum Gasteiger partial charge on any atom is 0.0499 e. The molecule has 1 aliphatic rings. The Morgan fingerprint density at radius 3 is 2.40 bits per heavy atom. The molecule has 1 aromatic carbocycles. The van der Waals surface area contributed by atoms with E-state index in [1.165, 1.54) is 11.1 Å². The van der Waals surface area contributed by atoms with Crippen molar-refractivity contribution in [1.82, 2.24) is 0 Å². The van der Waals surface area contributed by atoms with Gasteiger partial charge in [-0.25, -0.2) is 0 Å². The number of benzene rings is 1. The van der Waals surface area contributed by atoms with Crippen LogP contribution in [0.4, 0.5) is 0 Å². The van der Waals surface area contributed by atoms with Gasteiger partial charge in [-0.15, -0.1) is 0 Å². The Bertz CT molecular complexity index is 319. The zero-order chi connectivity index (χ0) is 10.9. The Hall–Kier alpha value is -0.860. The second-order valence-electron chi connectivity index (χ2n) is 4.88. The summed E-state index contributed by atoms with van der Waals surface area (Å²) in [6.45, 7) is 2.93. The molecule has 0 atom stereocenters. The number of hydrogen-bond acceptors (Lipinski definition) is 2. The molecule has 1 fully saturated rings. The van der Waals surface area contributed by atoms with Crippen molar-refractivity contribution in [3.8, 4) is 0 Å². The summed E-state index contributed by atoms with van der Waals surface area (Å²) in [7, 11) is 0. The second kappa shape index (κ2) is 3.95. The molecule has 3 N–H and O–H groups in total. The third-order valence-corrected chi connectivity index (χ3v) is 3.68. The highest BCUT2D eigenvalue weighted by atomic mass is 16.3. The van der Waals surface area contributed by atoms with Gasteiger partial charge in [-0.05, 0) is 31.2 Å². The monoisotopic (exact) mass is 205 g/mol. The van der Waals surface area contributed by atoms with Gasteiger partial charge in [-0.3, -0.25) is 0 Å². The maximum absolute atomic E-state index is 9.27. The molecule has 2 heteroatoms. The average Bonchev–Trinajstić information content (AvgIpc) is 2.20. The molecule has 15 heavy (non-hydrogen) atoms. The van der Waals surface area contributed by atoms with E-state index in [0.717, 1.165) is 12.8 Å². The Kier molecular flexibility index (Phi) is 2.81. The SMILES string of the molecule is Cc1ccc(C2CC(CN)(CO)C2)cc1. The van der Waals surface area contributed by atoms with Crippen LogP contribution < -0.4 is 5.73 Å². The predicted octanol–water partition coefficient (Wildman–Crippen LogP) is 1.81. The topological polar surface area (TPSA) is 46.2 Å². The molecule has 0 aliphatic heterocycles. The Morgan fingerprint density at radius 2 is 1.93 bits per heavy atom. The molecule has 2 nitrogen and oxygen atoms in total. The first-order valence-corrected chi connectivity index (χ1v) is 5.57. The highest BCUT2D eigenvalue weighted by Crippen LogP contribution is 2.50. The third kappa shape index (κ3) is 1.92. The lowest BCUT2D eigenvalue weighted by Gasteiger charge is -2.46.